The van der Waals surface area contributed by atoms with Crippen molar-refractivity contribution in [3.8, 4) is 5.69 Å². The summed E-state index contributed by atoms with van der Waals surface area (Å²) >= 11 is 5.83. The Labute approximate surface area is 181 Å². The van der Waals surface area contributed by atoms with E-state index in [-0.39, 0.29) is 24.8 Å². The lowest BCUT2D eigenvalue weighted by Crippen LogP contribution is -2.32. The van der Waals surface area contributed by atoms with Crippen LogP contribution in [0.1, 0.15) is 33.7 Å². The number of carbonyl (C=O) groups excluding carboxylic acids is 2. The highest BCUT2D eigenvalue weighted by atomic mass is 35.5. The van der Waals surface area contributed by atoms with Gasteiger partial charge >= 0.3 is 0 Å². The first-order valence-corrected chi connectivity index (χ1v) is 10.1. The van der Waals surface area contributed by atoms with E-state index >= 15 is 0 Å². The van der Waals surface area contributed by atoms with Crippen molar-refractivity contribution in [3.05, 3.63) is 82.1 Å². The number of carbonyl (C=O) groups is 2. The van der Waals surface area contributed by atoms with E-state index in [1.165, 1.54) is 0 Å². The number of amides is 2. The number of aromatic nitrogens is 2. The molecule has 7 heteroatoms. The van der Waals surface area contributed by atoms with Crippen LogP contribution in [0.4, 0.5) is 0 Å². The van der Waals surface area contributed by atoms with Crippen molar-refractivity contribution in [1.82, 2.24) is 20.0 Å². The van der Waals surface area contributed by atoms with Gasteiger partial charge in [0.1, 0.15) is 0 Å². The topological polar surface area (TPSA) is 67.2 Å². The highest BCUT2D eigenvalue weighted by Crippen LogP contribution is 2.19. The van der Waals surface area contributed by atoms with Gasteiger partial charge in [0.15, 0.2) is 0 Å². The Kier molecular flexibility index (Phi) is 6.90. The average molecular weight is 425 g/mol. The zero-order valence-corrected chi connectivity index (χ0v) is 18.1. The molecule has 0 unspecified atom stereocenters. The molecule has 0 spiro atoms. The van der Waals surface area contributed by atoms with Crippen molar-refractivity contribution in [2.45, 2.75) is 26.8 Å². The Morgan fingerprint density at radius 1 is 1.07 bits per heavy atom. The molecule has 0 aliphatic heterocycles. The van der Waals surface area contributed by atoms with Gasteiger partial charge in [-0.15, -0.1) is 0 Å². The number of rotatable bonds is 7. The first-order chi connectivity index (χ1) is 14.4. The second-order valence-electron chi connectivity index (χ2n) is 7.16. The highest BCUT2D eigenvalue weighted by Gasteiger charge is 2.17. The molecule has 3 aromatic rings. The molecular formula is C23H25ClN4O2. The molecule has 0 fully saturated rings. The summed E-state index contributed by atoms with van der Waals surface area (Å²) in [6, 6.07) is 16.5. The van der Waals surface area contributed by atoms with Crippen LogP contribution < -0.4 is 5.32 Å². The monoisotopic (exact) mass is 424 g/mol. The van der Waals surface area contributed by atoms with Crippen LogP contribution in [-0.4, -0.2) is 40.1 Å². The molecule has 6 nitrogen and oxygen atoms in total. The molecule has 0 atom stereocenters. The zero-order chi connectivity index (χ0) is 21.7. The average Bonchev–Trinajstić information content (AvgIpc) is 3.03. The lowest BCUT2D eigenvalue weighted by Gasteiger charge is -2.18. The molecule has 0 bridgehead atoms. The van der Waals surface area contributed by atoms with Gasteiger partial charge in [-0.1, -0.05) is 29.8 Å². The van der Waals surface area contributed by atoms with E-state index < -0.39 is 0 Å². The molecule has 0 radical (unpaired) electrons. The molecule has 0 saturated carbocycles. The number of nitrogens with one attached hydrogen (secondary N) is 1. The molecule has 1 aromatic heterocycles. The maximum atomic E-state index is 12.5. The third-order valence-corrected chi connectivity index (χ3v) is 5.25. The maximum absolute atomic E-state index is 12.5. The van der Waals surface area contributed by atoms with Gasteiger partial charge in [0.05, 0.1) is 11.4 Å². The van der Waals surface area contributed by atoms with Crippen molar-refractivity contribution in [1.29, 1.82) is 0 Å². The van der Waals surface area contributed by atoms with Gasteiger partial charge in [-0.3, -0.25) is 9.59 Å². The molecule has 1 heterocycles. The van der Waals surface area contributed by atoms with Gasteiger partial charge in [0.2, 0.25) is 5.91 Å². The summed E-state index contributed by atoms with van der Waals surface area (Å²) in [7, 11) is 1.77. The summed E-state index contributed by atoms with van der Waals surface area (Å²) in [6.07, 6.45) is 0.223. The number of benzene rings is 2. The van der Waals surface area contributed by atoms with Crippen molar-refractivity contribution >= 4 is 23.4 Å². The van der Waals surface area contributed by atoms with Crippen LogP contribution in [0.15, 0.2) is 54.6 Å². The fourth-order valence-electron chi connectivity index (χ4n) is 3.23. The number of aryl methyl sites for hydroxylation is 1. The predicted molar refractivity (Wildman–Crippen MR) is 118 cm³/mol. The SMILES string of the molecule is Cc1nn(-c2ccccc2)c(C)c1CN(C)C(=O)CCNC(=O)c1ccc(Cl)cc1. The maximum Gasteiger partial charge on any atom is 0.251 e. The fraction of sp³-hybridized carbons (Fsp3) is 0.261. The van der Waals surface area contributed by atoms with Gasteiger partial charge in [0.25, 0.3) is 5.91 Å². The minimum atomic E-state index is -0.224. The van der Waals surface area contributed by atoms with E-state index in [4.69, 9.17) is 11.6 Å². The summed E-state index contributed by atoms with van der Waals surface area (Å²) in [6.45, 7) is 4.69. The standard InChI is InChI=1S/C23H25ClN4O2/c1-16-21(17(2)28(26-16)20-7-5-4-6-8-20)15-27(3)22(29)13-14-25-23(30)18-9-11-19(24)12-10-18/h4-12H,13-15H2,1-3H3,(H,25,30). The number of para-hydroxylation sites is 1. The van der Waals surface area contributed by atoms with Crippen LogP contribution in [0.5, 0.6) is 0 Å². The van der Waals surface area contributed by atoms with Gasteiger partial charge < -0.3 is 10.2 Å². The van der Waals surface area contributed by atoms with E-state index in [0.717, 1.165) is 22.6 Å². The van der Waals surface area contributed by atoms with Gasteiger partial charge in [-0.2, -0.15) is 5.10 Å². The van der Waals surface area contributed by atoms with Crippen molar-refractivity contribution in [3.63, 3.8) is 0 Å². The molecule has 30 heavy (non-hydrogen) atoms. The summed E-state index contributed by atoms with van der Waals surface area (Å²) < 4.78 is 1.90. The largest absolute Gasteiger partial charge is 0.352 e. The lowest BCUT2D eigenvalue weighted by atomic mass is 10.1. The Morgan fingerprint density at radius 3 is 2.40 bits per heavy atom. The fourth-order valence-corrected chi connectivity index (χ4v) is 3.35. The van der Waals surface area contributed by atoms with E-state index in [2.05, 4.69) is 10.4 Å². The predicted octanol–water partition coefficient (Wildman–Crippen LogP) is 3.92. The zero-order valence-electron chi connectivity index (χ0n) is 17.4. The molecule has 0 aliphatic rings. The molecular weight excluding hydrogens is 400 g/mol. The summed E-state index contributed by atoms with van der Waals surface area (Å²) in [5, 5.41) is 7.97. The molecule has 3 rings (SSSR count). The second kappa shape index (κ2) is 9.59. The van der Waals surface area contributed by atoms with Crippen molar-refractivity contribution in [2.24, 2.45) is 0 Å². The van der Waals surface area contributed by atoms with Gasteiger partial charge in [-0.05, 0) is 50.2 Å². The van der Waals surface area contributed by atoms with E-state index in [9.17, 15) is 9.59 Å². The third kappa shape index (κ3) is 5.07. The normalized spacial score (nSPS) is 10.7. The number of nitrogens with zero attached hydrogens (tertiary/aromatic N) is 3. The molecule has 156 valence electrons. The van der Waals surface area contributed by atoms with Crippen LogP contribution in [0.3, 0.4) is 0 Å². The molecule has 0 aliphatic carbocycles. The molecule has 1 N–H and O–H groups in total. The quantitative estimate of drug-likeness (QED) is 0.625. The van der Waals surface area contributed by atoms with Gasteiger partial charge in [0, 0.05) is 48.4 Å². The number of hydrogen-bond donors (Lipinski definition) is 1. The van der Waals surface area contributed by atoms with Gasteiger partial charge in [-0.25, -0.2) is 4.68 Å². The Morgan fingerprint density at radius 2 is 1.73 bits per heavy atom. The van der Waals surface area contributed by atoms with Crippen LogP contribution in [-0.2, 0) is 11.3 Å². The first-order valence-electron chi connectivity index (χ1n) is 9.75. The smallest absolute Gasteiger partial charge is 0.251 e. The molecule has 0 saturated heterocycles. The first kappa shape index (κ1) is 21.6. The Hall–Kier alpha value is -3.12. The van der Waals surface area contributed by atoms with E-state index in [1.54, 1.807) is 36.2 Å². The van der Waals surface area contributed by atoms with Crippen LogP contribution in [0.25, 0.3) is 5.69 Å². The van der Waals surface area contributed by atoms with Crippen LogP contribution in [0, 0.1) is 13.8 Å². The summed E-state index contributed by atoms with van der Waals surface area (Å²) in [4.78, 5) is 26.3. The minimum absolute atomic E-state index is 0.0438. The number of halogens is 1. The Balaban J connectivity index is 1.56. The Bertz CT molecular complexity index is 1030. The second-order valence-corrected chi connectivity index (χ2v) is 7.60. The van der Waals surface area contributed by atoms with Crippen LogP contribution >= 0.6 is 11.6 Å². The molecule has 2 aromatic carbocycles. The highest BCUT2D eigenvalue weighted by molar-refractivity contribution is 6.30. The van der Waals surface area contributed by atoms with Crippen molar-refractivity contribution < 1.29 is 9.59 Å². The van der Waals surface area contributed by atoms with E-state index in [1.807, 2.05) is 48.9 Å². The van der Waals surface area contributed by atoms with Crippen LogP contribution in [0.2, 0.25) is 5.02 Å². The number of hydrogen-bond acceptors (Lipinski definition) is 3. The summed E-state index contributed by atoms with van der Waals surface area (Å²) in [5.41, 5.74) is 4.43. The molecule has 2 amide bonds. The van der Waals surface area contributed by atoms with E-state index in [0.29, 0.717) is 17.1 Å². The summed E-state index contributed by atoms with van der Waals surface area (Å²) in [5.74, 6) is -0.268. The minimum Gasteiger partial charge on any atom is -0.352 e. The lowest BCUT2D eigenvalue weighted by molar-refractivity contribution is -0.130. The third-order valence-electron chi connectivity index (χ3n) is 4.99. The van der Waals surface area contributed by atoms with Crippen molar-refractivity contribution in [2.75, 3.05) is 13.6 Å².